The number of anilines is 1. The Hall–Kier alpha value is -2.96. The van der Waals surface area contributed by atoms with E-state index in [0.717, 1.165) is 24.2 Å². The summed E-state index contributed by atoms with van der Waals surface area (Å²) in [6.07, 6.45) is 1.84. The van der Waals surface area contributed by atoms with Gasteiger partial charge in [0.05, 0.1) is 10.5 Å². The van der Waals surface area contributed by atoms with Crippen molar-refractivity contribution < 1.29 is 9.72 Å². The minimum absolute atomic E-state index is 0.0135. The van der Waals surface area contributed by atoms with Crippen LogP contribution in [-0.2, 0) is 6.42 Å². The zero-order valence-corrected chi connectivity index (χ0v) is 13.0. The van der Waals surface area contributed by atoms with E-state index in [0.29, 0.717) is 6.54 Å². The molecule has 120 valence electrons. The Bertz CT molecular complexity index is 739. The van der Waals surface area contributed by atoms with Crippen LogP contribution >= 0.6 is 0 Å². The number of aryl methyl sites for hydroxylation is 2. The quantitative estimate of drug-likeness (QED) is 0.628. The standard InChI is InChI=1S/C16H18N4O3/c1-10-5-11(2)7-12(6-10)3-4-18-16-14(15(17)21)8-13(9-19-16)20(22)23/h5-9H,3-4H2,1-2H3,(H2,17,21)(H,18,19). The molecule has 1 amide bonds. The summed E-state index contributed by atoms with van der Waals surface area (Å²) in [5, 5.41) is 13.8. The van der Waals surface area contributed by atoms with Crippen LogP contribution in [0.5, 0.6) is 0 Å². The molecule has 0 saturated heterocycles. The summed E-state index contributed by atoms with van der Waals surface area (Å²) in [5.74, 6) is -0.498. The van der Waals surface area contributed by atoms with E-state index in [1.54, 1.807) is 0 Å². The van der Waals surface area contributed by atoms with Crippen LogP contribution in [0.25, 0.3) is 0 Å². The molecule has 0 unspecified atom stereocenters. The van der Waals surface area contributed by atoms with Crippen LogP contribution in [0.15, 0.2) is 30.5 Å². The predicted octanol–water partition coefficient (Wildman–Crippen LogP) is 2.36. The number of nitrogens with one attached hydrogen (secondary N) is 1. The number of nitrogens with two attached hydrogens (primary N) is 1. The monoisotopic (exact) mass is 314 g/mol. The Morgan fingerprint density at radius 3 is 2.48 bits per heavy atom. The van der Waals surface area contributed by atoms with E-state index in [4.69, 9.17) is 5.73 Å². The third-order valence-electron chi connectivity index (χ3n) is 3.34. The number of rotatable bonds is 6. The highest BCUT2D eigenvalue weighted by Gasteiger charge is 2.15. The normalized spacial score (nSPS) is 10.3. The maximum absolute atomic E-state index is 11.4. The van der Waals surface area contributed by atoms with Gasteiger partial charge in [0.15, 0.2) is 0 Å². The number of carbonyl (C=O) groups excluding carboxylic acids is 1. The molecule has 7 heteroatoms. The van der Waals surface area contributed by atoms with Gasteiger partial charge in [-0.2, -0.15) is 0 Å². The fourth-order valence-electron chi connectivity index (χ4n) is 2.42. The second kappa shape index (κ2) is 6.87. The molecule has 1 heterocycles. The van der Waals surface area contributed by atoms with Crippen molar-refractivity contribution in [2.24, 2.45) is 5.73 Å². The number of nitrogens with zero attached hydrogens (tertiary/aromatic N) is 2. The highest BCUT2D eigenvalue weighted by Crippen LogP contribution is 2.19. The molecular formula is C16H18N4O3. The molecule has 0 saturated carbocycles. The van der Waals surface area contributed by atoms with Crippen molar-refractivity contribution in [3.05, 3.63) is 62.8 Å². The molecule has 0 atom stereocenters. The molecule has 0 radical (unpaired) electrons. The molecule has 3 N–H and O–H groups in total. The highest BCUT2D eigenvalue weighted by molar-refractivity contribution is 5.98. The van der Waals surface area contributed by atoms with E-state index < -0.39 is 10.8 Å². The van der Waals surface area contributed by atoms with Gasteiger partial charge in [-0.3, -0.25) is 14.9 Å². The lowest BCUT2D eigenvalue weighted by Gasteiger charge is -2.10. The van der Waals surface area contributed by atoms with Crippen molar-refractivity contribution in [2.75, 3.05) is 11.9 Å². The maximum atomic E-state index is 11.4. The largest absolute Gasteiger partial charge is 0.369 e. The molecule has 0 fully saturated rings. The van der Waals surface area contributed by atoms with Gasteiger partial charge in [0.1, 0.15) is 12.0 Å². The smallest absolute Gasteiger partial charge is 0.288 e. The van der Waals surface area contributed by atoms with Gasteiger partial charge >= 0.3 is 0 Å². The summed E-state index contributed by atoms with van der Waals surface area (Å²) >= 11 is 0. The van der Waals surface area contributed by atoms with E-state index in [1.165, 1.54) is 11.1 Å². The summed E-state index contributed by atoms with van der Waals surface area (Å²) in [5.41, 5.74) is 8.55. The SMILES string of the molecule is Cc1cc(C)cc(CCNc2ncc([N+](=O)[O-])cc2C(N)=O)c1. The first kappa shape index (κ1) is 16.4. The van der Waals surface area contributed by atoms with Gasteiger partial charge in [-0.05, 0) is 25.8 Å². The molecular weight excluding hydrogens is 296 g/mol. The fraction of sp³-hybridized carbons (Fsp3) is 0.250. The summed E-state index contributed by atoms with van der Waals surface area (Å²) < 4.78 is 0. The summed E-state index contributed by atoms with van der Waals surface area (Å²) in [7, 11) is 0. The number of nitro groups is 1. The second-order valence-electron chi connectivity index (χ2n) is 5.38. The van der Waals surface area contributed by atoms with Gasteiger partial charge in [-0.25, -0.2) is 4.98 Å². The van der Waals surface area contributed by atoms with Crippen molar-refractivity contribution in [3.63, 3.8) is 0 Å². The van der Waals surface area contributed by atoms with Crippen LogP contribution in [0, 0.1) is 24.0 Å². The summed E-state index contributed by atoms with van der Waals surface area (Å²) in [6, 6.07) is 7.41. The van der Waals surface area contributed by atoms with Crippen molar-refractivity contribution in [2.45, 2.75) is 20.3 Å². The first-order chi connectivity index (χ1) is 10.9. The Morgan fingerprint density at radius 2 is 1.91 bits per heavy atom. The minimum Gasteiger partial charge on any atom is -0.369 e. The number of aromatic nitrogens is 1. The first-order valence-corrected chi connectivity index (χ1v) is 7.12. The van der Waals surface area contributed by atoms with E-state index >= 15 is 0 Å². The molecule has 1 aromatic heterocycles. The molecule has 0 bridgehead atoms. The van der Waals surface area contributed by atoms with Gasteiger partial charge in [-0.15, -0.1) is 0 Å². The van der Waals surface area contributed by atoms with Crippen molar-refractivity contribution in [1.29, 1.82) is 0 Å². The van der Waals surface area contributed by atoms with Crippen LogP contribution in [0.4, 0.5) is 11.5 Å². The number of primary amides is 1. The van der Waals surface area contributed by atoms with Crippen LogP contribution in [0.1, 0.15) is 27.0 Å². The first-order valence-electron chi connectivity index (χ1n) is 7.12. The number of benzene rings is 1. The lowest BCUT2D eigenvalue weighted by molar-refractivity contribution is -0.385. The molecule has 1 aromatic carbocycles. The number of hydrogen-bond donors (Lipinski definition) is 2. The highest BCUT2D eigenvalue weighted by atomic mass is 16.6. The summed E-state index contributed by atoms with van der Waals surface area (Å²) in [6.45, 7) is 4.61. The van der Waals surface area contributed by atoms with Crippen LogP contribution in [0.2, 0.25) is 0 Å². The van der Waals surface area contributed by atoms with Crippen molar-refractivity contribution in [3.8, 4) is 0 Å². The topological polar surface area (TPSA) is 111 Å². The van der Waals surface area contributed by atoms with Crippen LogP contribution in [-0.4, -0.2) is 22.4 Å². The second-order valence-corrected chi connectivity index (χ2v) is 5.38. The van der Waals surface area contributed by atoms with E-state index in [2.05, 4.69) is 28.5 Å². The van der Waals surface area contributed by atoms with Crippen molar-refractivity contribution >= 4 is 17.4 Å². The average Bonchev–Trinajstić information content (AvgIpc) is 2.46. The Kier molecular flexibility index (Phi) is 4.90. The molecule has 2 rings (SSSR count). The molecule has 23 heavy (non-hydrogen) atoms. The number of amides is 1. The van der Waals surface area contributed by atoms with Crippen LogP contribution in [0.3, 0.4) is 0 Å². The summed E-state index contributed by atoms with van der Waals surface area (Å²) in [4.78, 5) is 25.5. The van der Waals surface area contributed by atoms with E-state index in [-0.39, 0.29) is 17.1 Å². The van der Waals surface area contributed by atoms with E-state index in [9.17, 15) is 14.9 Å². The third-order valence-corrected chi connectivity index (χ3v) is 3.34. The van der Waals surface area contributed by atoms with Gasteiger partial charge in [0, 0.05) is 12.6 Å². The van der Waals surface area contributed by atoms with Gasteiger partial charge in [0.25, 0.3) is 11.6 Å². The number of hydrogen-bond acceptors (Lipinski definition) is 5. The molecule has 7 nitrogen and oxygen atoms in total. The average molecular weight is 314 g/mol. The van der Waals surface area contributed by atoms with Crippen LogP contribution < -0.4 is 11.1 Å². The third kappa shape index (κ3) is 4.26. The number of carbonyl (C=O) groups is 1. The zero-order chi connectivity index (χ0) is 17.0. The predicted molar refractivity (Wildman–Crippen MR) is 87.5 cm³/mol. The molecule has 0 aliphatic heterocycles. The maximum Gasteiger partial charge on any atom is 0.288 e. The fourth-order valence-corrected chi connectivity index (χ4v) is 2.42. The Balaban J connectivity index is 2.10. The van der Waals surface area contributed by atoms with Gasteiger partial charge < -0.3 is 11.1 Å². The van der Waals surface area contributed by atoms with Crippen molar-refractivity contribution in [1.82, 2.24) is 4.98 Å². The molecule has 0 aliphatic carbocycles. The molecule has 2 aromatic rings. The number of pyridine rings is 1. The molecule has 0 spiro atoms. The Labute approximate surface area is 133 Å². The van der Waals surface area contributed by atoms with Gasteiger partial charge in [0.2, 0.25) is 0 Å². The lowest BCUT2D eigenvalue weighted by Crippen LogP contribution is -2.17. The zero-order valence-electron chi connectivity index (χ0n) is 13.0. The minimum atomic E-state index is -0.755. The molecule has 0 aliphatic rings. The van der Waals surface area contributed by atoms with Gasteiger partial charge in [-0.1, -0.05) is 29.3 Å². The van der Waals surface area contributed by atoms with E-state index in [1.807, 2.05) is 13.8 Å². The lowest BCUT2D eigenvalue weighted by atomic mass is 10.1. The Morgan fingerprint density at radius 1 is 1.26 bits per heavy atom.